The molecule has 0 fully saturated rings. The van der Waals surface area contributed by atoms with E-state index >= 15 is 0 Å². The molecular formula is C8H9Br2N. The topological polar surface area (TPSA) is 12.9 Å². The number of rotatable bonds is 1. The van der Waals surface area contributed by atoms with Crippen molar-refractivity contribution in [1.82, 2.24) is 4.98 Å². The summed E-state index contributed by atoms with van der Waals surface area (Å²) in [6, 6.07) is 2.12. The zero-order valence-electron chi connectivity index (χ0n) is 6.44. The van der Waals surface area contributed by atoms with E-state index in [1.54, 1.807) is 0 Å². The highest BCUT2D eigenvalue weighted by Crippen LogP contribution is 2.29. The molecule has 0 saturated carbocycles. The first-order valence-electron chi connectivity index (χ1n) is 3.32. The van der Waals surface area contributed by atoms with Gasteiger partial charge in [0.25, 0.3) is 0 Å². The minimum Gasteiger partial charge on any atom is -0.259 e. The second-order valence-electron chi connectivity index (χ2n) is 2.52. The molecule has 0 aliphatic carbocycles. The normalized spacial score (nSPS) is 10.6. The minimum atomic E-state index is 0.163. The van der Waals surface area contributed by atoms with Crippen molar-refractivity contribution in [2.24, 2.45) is 0 Å². The van der Waals surface area contributed by atoms with Crippen LogP contribution in [-0.4, -0.2) is 4.98 Å². The van der Waals surface area contributed by atoms with Gasteiger partial charge in [0.15, 0.2) is 0 Å². The van der Waals surface area contributed by atoms with Gasteiger partial charge in [-0.15, -0.1) is 0 Å². The van der Waals surface area contributed by atoms with E-state index in [0.717, 1.165) is 5.69 Å². The largest absolute Gasteiger partial charge is 0.259 e. The lowest BCUT2D eigenvalue weighted by atomic mass is 10.2. The van der Waals surface area contributed by atoms with Crippen molar-refractivity contribution in [3.63, 3.8) is 0 Å². The second-order valence-corrected chi connectivity index (χ2v) is 5.58. The molecule has 0 unspecified atom stereocenters. The van der Waals surface area contributed by atoms with E-state index in [2.05, 4.69) is 49.8 Å². The standard InChI is InChI=1S/C8H9Br2N/c1-5-3-6(2)7(8(9)10)11-4-5/h3-4,8H,1-2H3. The monoisotopic (exact) mass is 277 g/mol. The quantitative estimate of drug-likeness (QED) is 0.717. The lowest BCUT2D eigenvalue weighted by Crippen LogP contribution is -1.92. The van der Waals surface area contributed by atoms with Gasteiger partial charge in [-0.25, -0.2) is 0 Å². The van der Waals surface area contributed by atoms with Gasteiger partial charge in [0.2, 0.25) is 0 Å². The van der Waals surface area contributed by atoms with Crippen LogP contribution in [0, 0.1) is 13.8 Å². The van der Waals surface area contributed by atoms with Crippen LogP contribution in [0.2, 0.25) is 0 Å². The fraction of sp³-hybridized carbons (Fsp3) is 0.375. The Morgan fingerprint density at radius 3 is 2.45 bits per heavy atom. The maximum atomic E-state index is 4.28. The summed E-state index contributed by atoms with van der Waals surface area (Å²) in [5.74, 6) is 0. The van der Waals surface area contributed by atoms with E-state index in [-0.39, 0.29) is 3.74 Å². The molecular weight excluding hydrogens is 270 g/mol. The van der Waals surface area contributed by atoms with Crippen LogP contribution >= 0.6 is 31.9 Å². The first-order valence-corrected chi connectivity index (χ1v) is 5.15. The molecule has 0 saturated heterocycles. The number of aromatic nitrogens is 1. The van der Waals surface area contributed by atoms with Gasteiger partial charge in [-0.2, -0.15) is 0 Å². The number of aryl methyl sites for hydroxylation is 2. The zero-order chi connectivity index (χ0) is 8.43. The van der Waals surface area contributed by atoms with E-state index in [1.165, 1.54) is 11.1 Å². The van der Waals surface area contributed by atoms with Crippen LogP contribution in [0.1, 0.15) is 20.6 Å². The Bertz CT molecular complexity index is 258. The molecule has 0 radical (unpaired) electrons. The highest BCUT2D eigenvalue weighted by Gasteiger charge is 2.06. The molecule has 60 valence electrons. The van der Waals surface area contributed by atoms with E-state index in [4.69, 9.17) is 0 Å². The van der Waals surface area contributed by atoms with Crippen LogP contribution in [0.3, 0.4) is 0 Å². The number of pyridine rings is 1. The summed E-state index contributed by atoms with van der Waals surface area (Å²) < 4.78 is 0.163. The third kappa shape index (κ3) is 2.27. The highest BCUT2D eigenvalue weighted by atomic mass is 79.9. The third-order valence-electron chi connectivity index (χ3n) is 1.46. The highest BCUT2D eigenvalue weighted by molar-refractivity contribution is 9.24. The van der Waals surface area contributed by atoms with E-state index in [9.17, 15) is 0 Å². The van der Waals surface area contributed by atoms with Crippen molar-refractivity contribution in [3.8, 4) is 0 Å². The first-order chi connectivity index (χ1) is 5.11. The zero-order valence-corrected chi connectivity index (χ0v) is 9.61. The summed E-state index contributed by atoms with van der Waals surface area (Å²) in [4.78, 5) is 4.28. The summed E-state index contributed by atoms with van der Waals surface area (Å²) in [5.41, 5.74) is 3.46. The number of alkyl halides is 2. The lowest BCUT2D eigenvalue weighted by Gasteiger charge is -2.05. The van der Waals surface area contributed by atoms with E-state index in [1.807, 2.05) is 13.1 Å². The number of halogens is 2. The summed E-state index contributed by atoms with van der Waals surface area (Å²) in [6.45, 7) is 4.10. The Morgan fingerprint density at radius 1 is 1.36 bits per heavy atom. The maximum absolute atomic E-state index is 4.28. The molecule has 3 heteroatoms. The molecule has 1 aromatic heterocycles. The Hall–Kier alpha value is 0.110. The average Bonchev–Trinajstić information content (AvgIpc) is 1.85. The third-order valence-corrected chi connectivity index (χ3v) is 2.33. The van der Waals surface area contributed by atoms with Crippen molar-refractivity contribution in [2.45, 2.75) is 17.6 Å². The van der Waals surface area contributed by atoms with Gasteiger partial charge in [-0.3, -0.25) is 4.98 Å². The van der Waals surface area contributed by atoms with E-state index < -0.39 is 0 Å². The second kappa shape index (κ2) is 3.68. The van der Waals surface area contributed by atoms with Gasteiger partial charge in [-0.05, 0) is 25.0 Å². The minimum absolute atomic E-state index is 0.163. The van der Waals surface area contributed by atoms with E-state index in [0.29, 0.717) is 0 Å². The molecule has 0 bridgehead atoms. The predicted molar refractivity (Wildman–Crippen MR) is 54.3 cm³/mol. The summed E-state index contributed by atoms with van der Waals surface area (Å²) in [6.07, 6.45) is 1.87. The van der Waals surface area contributed by atoms with Gasteiger partial charge in [-0.1, -0.05) is 37.9 Å². The fourth-order valence-corrected chi connectivity index (χ4v) is 1.91. The van der Waals surface area contributed by atoms with Gasteiger partial charge < -0.3 is 0 Å². The van der Waals surface area contributed by atoms with Crippen LogP contribution in [0.15, 0.2) is 12.3 Å². The molecule has 0 aromatic carbocycles. The van der Waals surface area contributed by atoms with Crippen LogP contribution in [-0.2, 0) is 0 Å². The first kappa shape index (κ1) is 9.20. The van der Waals surface area contributed by atoms with Crippen molar-refractivity contribution in [1.29, 1.82) is 0 Å². The molecule has 0 aliphatic heterocycles. The maximum Gasteiger partial charge on any atom is 0.112 e. The Kier molecular flexibility index (Phi) is 3.07. The number of hydrogen-bond acceptors (Lipinski definition) is 1. The van der Waals surface area contributed by atoms with Crippen molar-refractivity contribution >= 4 is 31.9 Å². The molecule has 0 aliphatic rings. The fourth-order valence-electron chi connectivity index (χ4n) is 0.954. The molecule has 0 N–H and O–H groups in total. The summed E-state index contributed by atoms with van der Waals surface area (Å²) in [7, 11) is 0. The number of hydrogen-bond donors (Lipinski definition) is 0. The molecule has 0 amide bonds. The van der Waals surface area contributed by atoms with Gasteiger partial charge in [0, 0.05) is 6.20 Å². The molecule has 0 spiro atoms. The average molecular weight is 279 g/mol. The van der Waals surface area contributed by atoms with Gasteiger partial charge >= 0.3 is 0 Å². The Balaban J connectivity index is 3.09. The van der Waals surface area contributed by atoms with Crippen LogP contribution in [0.4, 0.5) is 0 Å². The molecule has 1 rings (SSSR count). The number of nitrogens with zero attached hydrogens (tertiary/aromatic N) is 1. The Labute approximate surface area is 83.5 Å². The van der Waals surface area contributed by atoms with Gasteiger partial charge in [0.05, 0.1) is 5.69 Å². The summed E-state index contributed by atoms with van der Waals surface area (Å²) >= 11 is 6.82. The molecule has 1 nitrogen and oxygen atoms in total. The van der Waals surface area contributed by atoms with Crippen molar-refractivity contribution < 1.29 is 0 Å². The smallest absolute Gasteiger partial charge is 0.112 e. The molecule has 1 heterocycles. The van der Waals surface area contributed by atoms with Gasteiger partial charge in [0.1, 0.15) is 3.74 Å². The predicted octanol–water partition coefficient (Wildman–Crippen LogP) is 3.49. The Morgan fingerprint density at radius 2 is 2.00 bits per heavy atom. The van der Waals surface area contributed by atoms with Crippen LogP contribution < -0.4 is 0 Å². The molecule has 11 heavy (non-hydrogen) atoms. The lowest BCUT2D eigenvalue weighted by molar-refractivity contribution is 1.11. The molecule has 0 atom stereocenters. The summed E-state index contributed by atoms with van der Waals surface area (Å²) in [5, 5.41) is 0. The SMILES string of the molecule is Cc1cnc(C(Br)Br)c(C)c1. The molecule has 1 aromatic rings. The van der Waals surface area contributed by atoms with Crippen LogP contribution in [0.25, 0.3) is 0 Å². The van der Waals surface area contributed by atoms with Crippen molar-refractivity contribution in [2.75, 3.05) is 0 Å². The van der Waals surface area contributed by atoms with Crippen LogP contribution in [0.5, 0.6) is 0 Å². The van der Waals surface area contributed by atoms with Crippen molar-refractivity contribution in [3.05, 3.63) is 29.1 Å².